The Labute approximate surface area is 108 Å². The summed E-state index contributed by atoms with van der Waals surface area (Å²) in [5.41, 5.74) is 7.24. The van der Waals surface area contributed by atoms with Crippen LogP contribution in [-0.4, -0.2) is 24.7 Å². The van der Waals surface area contributed by atoms with Crippen LogP contribution in [-0.2, 0) is 6.54 Å². The summed E-state index contributed by atoms with van der Waals surface area (Å²) in [5.74, 6) is 1.48. The highest BCUT2D eigenvalue weighted by Crippen LogP contribution is 2.19. The van der Waals surface area contributed by atoms with Gasteiger partial charge in [-0.25, -0.2) is 0 Å². The zero-order valence-electron chi connectivity index (χ0n) is 11.1. The third-order valence-electron chi connectivity index (χ3n) is 2.55. The highest BCUT2D eigenvalue weighted by atomic mass is 16.5. The Kier molecular flexibility index (Phi) is 5.45. The second-order valence-electron chi connectivity index (χ2n) is 4.54. The smallest absolute Gasteiger partial charge is 0.170 e. The molecule has 5 nitrogen and oxygen atoms in total. The molecule has 1 aromatic rings. The lowest BCUT2D eigenvalue weighted by Crippen LogP contribution is -2.20. The number of methoxy groups -OCH3 is 1. The molecule has 0 saturated heterocycles. The zero-order chi connectivity index (χ0) is 13.5. The average Bonchev–Trinajstić information content (AvgIpc) is 2.37. The predicted octanol–water partition coefficient (Wildman–Crippen LogP) is 1.54. The van der Waals surface area contributed by atoms with E-state index in [1.807, 2.05) is 12.1 Å². The highest BCUT2D eigenvalue weighted by molar-refractivity contribution is 5.97. The van der Waals surface area contributed by atoms with Crippen LogP contribution in [0.5, 0.6) is 5.75 Å². The van der Waals surface area contributed by atoms with Crippen molar-refractivity contribution >= 4 is 5.84 Å². The van der Waals surface area contributed by atoms with E-state index in [-0.39, 0.29) is 5.84 Å². The van der Waals surface area contributed by atoms with Crippen LogP contribution in [0.15, 0.2) is 23.4 Å². The van der Waals surface area contributed by atoms with E-state index in [0.29, 0.717) is 18.0 Å². The Morgan fingerprint density at radius 2 is 2.22 bits per heavy atom. The van der Waals surface area contributed by atoms with Crippen LogP contribution in [0.4, 0.5) is 0 Å². The Balaban J connectivity index is 2.85. The van der Waals surface area contributed by atoms with Gasteiger partial charge in [0.25, 0.3) is 0 Å². The maximum absolute atomic E-state index is 8.67. The molecular weight excluding hydrogens is 230 g/mol. The topological polar surface area (TPSA) is 79.9 Å². The fourth-order valence-electron chi connectivity index (χ4n) is 1.63. The van der Waals surface area contributed by atoms with E-state index < -0.39 is 0 Å². The van der Waals surface area contributed by atoms with Gasteiger partial charge in [-0.1, -0.05) is 19.0 Å². The standard InChI is InChI=1S/C13H21N3O2/c1-9(2)7-15-8-11-6-10(13(14)16-17)4-5-12(11)18-3/h4-6,9,15,17H,7-8H2,1-3H3,(H2,14,16). The van der Waals surface area contributed by atoms with Crippen LogP contribution < -0.4 is 15.8 Å². The molecule has 0 heterocycles. The normalized spacial score (nSPS) is 11.9. The van der Waals surface area contributed by atoms with Crippen LogP contribution in [0.2, 0.25) is 0 Å². The van der Waals surface area contributed by atoms with Crippen molar-refractivity contribution in [1.82, 2.24) is 5.32 Å². The van der Waals surface area contributed by atoms with Crippen LogP contribution in [0.3, 0.4) is 0 Å². The quantitative estimate of drug-likeness (QED) is 0.310. The lowest BCUT2D eigenvalue weighted by atomic mass is 10.1. The van der Waals surface area contributed by atoms with E-state index in [1.165, 1.54) is 0 Å². The number of oxime groups is 1. The number of amidine groups is 1. The van der Waals surface area contributed by atoms with E-state index in [0.717, 1.165) is 17.9 Å². The Hall–Kier alpha value is -1.75. The van der Waals surface area contributed by atoms with Gasteiger partial charge >= 0.3 is 0 Å². The molecule has 4 N–H and O–H groups in total. The number of hydrogen-bond donors (Lipinski definition) is 3. The summed E-state index contributed by atoms with van der Waals surface area (Å²) < 4.78 is 5.29. The number of rotatable bonds is 6. The van der Waals surface area contributed by atoms with Gasteiger partial charge in [-0.2, -0.15) is 0 Å². The predicted molar refractivity (Wildman–Crippen MR) is 72.0 cm³/mol. The molecule has 1 rings (SSSR count). The first-order valence-electron chi connectivity index (χ1n) is 5.94. The van der Waals surface area contributed by atoms with Gasteiger partial charge in [0.2, 0.25) is 0 Å². The molecule has 0 spiro atoms. The van der Waals surface area contributed by atoms with E-state index in [2.05, 4.69) is 24.3 Å². The van der Waals surface area contributed by atoms with Gasteiger partial charge in [0.05, 0.1) is 7.11 Å². The fourth-order valence-corrected chi connectivity index (χ4v) is 1.63. The SMILES string of the molecule is COc1ccc(/C(N)=N/O)cc1CNCC(C)C. The summed E-state index contributed by atoms with van der Waals surface area (Å²) in [7, 11) is 1.63. The fraction of sp³-hybridized carbons (Fsp3) is 0.462. The van der Waals surface area contributed by atoms with Crippen LogP contribution >= 0.6 is 0 Å². The van der Waals surface area contributed by atoms with Crippen molar-refractivity contribution in [2.75, 3.05) is 13.7 Å². The third-order valence-corrected chi connectivity index (χ3v) is 2.55. The first kappa shape index (κ1) is 14.3. The van der Waals surface area contributed by atoms with Crippen molar-refractivity contribution in [3.63, 3.8) is 0 Å². The number of benzene rings is 1. The molecule has 0 aliphatic rings. The molecule has 5 heteroatoms. The minimum Gasteiger partial charge on any atom is -0.496 e. The van der Waals surface area contributed by atoms with Gasteiger partial charge < -0.3 is 21.0 Å². The van der Waals surface area contributed by atoms with Gasteiger partial charge in [0, 0.05) is 17.7 Å². The number of nitrogens with zero attached hydrogens (tertiary/aromatic N) is 1. The van der Waals surface area contributed by atoms with Crippen molar-refractivity contribution < 1.29 is 9.94 Å². The highest BCUT2D eigenvalue weighted by Gasteiger charge is 2.07. The van der Waals surface area contributed by atoms with Crippen LogP contribution in [0, 0.1) is 5.92 Å². The maximum atomic E-state index is 8.67. The maximum Gasteiger partial charge on any atom is 0.170 e. The van der Waals surface area contributed by atoms with Crippen molar-refractivity contribution in [2.24, 2.45) is 16.8 Å². The molecule has 100 valence electrons. The first-order chi connectivity index (χ1) is 8.58. The monoisotopic (exact) mass is 251 g/mol. The Morgan fingerprint density at radius 3 is 2.78 bits per heavy atom. The van der Waals surface area contributed by atoms with Crippen LogP contribution in [0.1, 0.15) is 25.0 Å². The summed E-state index contributed by atoms with van der Waals surface area (Å²) in [6, 6.07) is 5.45. The number of ether oxygens (including phenoxy) is 1. The molecule has 0 aliphatic carbocycles. The van der Waals surface area contributed by atoms with E-state index in [4.69, 9.17) is 15.7 Å². The summed E-state index contributed by atoms with van der Waals surface area (Å²) in [4.78, 5) is 0. The lowest BCUT2D eigenvalue weighted by molar-refractivity contribution is 0.318. The molecule has 0 fully saturated rings. The minimum atomic E-state index is 0.0998. The van der Waals surface area contributed by atoms with E-state index in [1.54, 1.807) is 13.2 Å². The molecule has 0 unspecified atom stereocenters. The van der Waals surface area contributed by atoms with Gasteiger partial charge in [0.15, 0.2) is 5.84 Å². The molecule has 0 radical (unpaired) electrons. The summed E-state index contributed by atoms with van der Waals surface area (Å²) in [6.07, 6.45) is 0. The second kappa shape index (κ2) is 6.86. The van der Waals surface area contributed by atoms with Crippen molar-refractivity contribution in [1.29, 1.82) is 0 Å². The Morgan fingerprint density at radius 1 is 1.50 bits per heavy atom. The summed E-state index contributed by atoms with van der Waals surface area (Å²) in [5, 5.41) is 15.0. The van der Waals surface area contributed by atoms with E-state index >= 15 is 0 Å². The molecule has 18 heavy (non-hydrogen) atoms. The first-order valence-corrected chi connectivity index (χ1v) is 5.94. The lowest BCUT2D eigenvalue weighted by Gasteiger charge is -2.12. The molecule has 0 amide bonds. The minimum absolute atomic E-state index is 0.0998. The number of nitrogens with one attached hydrogen (secondary N) is 1. The molecule has 1 aromatic carbocycles. The summed E-state index contributed by atoms with van der Waals surface area (Å²) in [6.45, 7) is 5.92. The molecular formula is C13H21N3O2. The zero-order valence-corrected chi connectivity index (χ0v) is 11.1. The van der Waals surface area contributed by atoms with Gasteiger partial charge in [-0.05, 0) is 30.7 Å². The number of hydrogen-bond acceptors (Lipinski definition) is 4. The Bertz CT molecular complexity index is 417. The molecule has 0 atom stereocenters. The molecule has 0 aromatic heterocycles. The molecule has 0 bridgehead atoms. The van der Waals surface area contributed by atoms with Gasteiger partial charge in [-0.15, -0.1) is 0 Å². The largest absolute Gasteiger partial charge is 0.496 e. The average molecular weight is 251 g/mol. The third kappa shape index (κ3) is 3.92. The molecule has 0 aliphatic heterocycles. The van der Waals surface area contributed by atoms with Crippen molar-refractivity contribution in [2.45, 2.75) is 20.4 Å². The van der Waals surface area contributed by atoms with Crippen LogP contribution in [0.25, 0.3) is 0 Å². The van der Waals surface area contributed by atoms with Gasteiger partial charge in [0.1, 0.15) is 5.75 Å². The van der Waals surface area contributed by atoms with Crippen molar-refractivity contribution in [3.8, 4) is 5.75 Å². The second-order valence-corrected chi connectivity index (χ2v) is 4.54. The van der Waals surface area contributed by atoms with Gasteiger partial charge in [-0.3, -0.25) is 0 Å². The van der Waals surface area contributed by atoms with E-state index in [9.17, 15) is 0 Å². The summed E-state index contributed by atoms with van der Waals surface area (Å²) >= 11 is 0. The molecule has 0 saturated carbocycles. The van der Waals surface area contributed by atoms with Crippen molar-refractivity contribution in [3.05, 3.63) is 29.3 Å². The number of nitrogens with two attached hydrogens (primary N) is 1.